The summed E-state index contributed by atoms with van der Waals surface area (Å²) in [7, 11) is 5.11. The number of benzene rings is 4. The van der Waals surface area contributed by atoms with E-state index in [1.807, 2.05) is 6.07 Å². The van der Waals surface area contributed by atoms with E-state index in [0.29, 0.717) is 5.92 Å². The molecule has 0 N–H and O–H groups in total. The zero-order valence-electron chi connectivity index (χ0n) is 23.0. The lowest BCUT2D eigenvalue weighted by atomic mass is 9.84. The van der Waals surface area contributed by atoms with E-state index in [0.717, 1.165) is 65.3 Å². The van der Waals surface area contributed by atoms with Crippen LogP contribution in [0.1, 0.15) is 29.9 Å². The summed E-state index contributed by atoms with van der Waals surface area (Å²) < 4.78 is 30.9. The van der Waals surface area contributed by atoms with Crippen molar-refractivity contribution in [1.29, 1.82) is 0 Å². The molecular formula is C34H32NO5+. The number of rotatable bonds is 7. The monoisotopic (exact) mass is 534 g/mol. The van der Waals surface area contributed by atoms with Gasteiger partial charge in [0.1, 0.15) is 5.75 Å². The van der Waals surface area contributed by atoms with E-state index in [2.05, 4.69) is 71.4 Å². The van der Waals surface area contributed by atoms with Gasteiger partial charge in [0.15, 0.2) is 35.7 Å². The molecule has 4 aromatic carbocycles. The van der Waals surface area contributed by atoms with Gasteiger partial charge in [0.25, 0.3) is 0 Å². The van der Waals surface area contributed by atoms with Crippen LogP contribution in [0, 0.1) is 0 Å². The first-order valence-corrected chi connectivity index (χ1v) is 13.7. The van der Waals surface area contributed by atoms with Crippen LogP contribution in [-0.2, 0) is 13.0 Å². The fourth-order valence-corrected chi connectivity index (χ4v) is 6.43. The van der Waals surface area contributed by atoms with Gasteiger partial charge in [-0.3, -0.25) is 0 Å². The molecule has 0 spiro atoms. The minimum absolute atomic E-state index is 0.266. The molecule has 7 rings (SSSR count). The van der Waals surface area contributed by atoms with Crippen LogP contribution in [-0.4, -0.2) is 28.1 Å². The van der Waals surface area contributed by atoms with Crippen molar-refractivity contribution in [2.45, 2.75) is 31.7 Å². The Balaban J connectivity index is 1.25. The minimum atomic E-state index is 0.266. The topological polar surface area (TPSA) is 50.0 Å². The Bertz CT molecular complexity index is 1760. The van der Waals surface area contributed by atoms with Crippen molar-refractivity contribution in [2.24, 2.45) is 0 Å². The van der Waals surface area contributed by atoms with Crippen molar-refractivity contribution in [2.75, 3.05) is 28.1 Å². The molecule has 1 aromatic heterocycles. The smallest absolute Gasteiger partial charge is 0.231 e. The summed E-state index contributed by atoms with van der Waals surface area (Å²) in [5.41, 5.74) is 5.05. The number of methoxy groups -OCH3 is 3. The quantitative estimate of drug-likeness (QED) is 0.215. The van der Waals surface area contributed by atoms with Crippen LogP contribution in [0.25, 0.3) is 32.8 Å². The van der Waals surface area contributed by atoms with Crippen LogP contribution in [0.15, 0.2) is 72.9 Å². The Morgan fingerprint density at radius 2 is 1.57 bits per heavy atom. The minimum Gasteiger partial charge on any atom is -0.496 e. The molecule has 0 fully saturated rings. The van der Waals surface area contributed by atoms with Gasteiger partial charge in [0, 0.05) is 17.4 Å². The summed E-state index contributed by atoms with van der Waals surface area (Å²) in [6, 6.07) is 23.5. The fraction of sp³-hybridized carbons (Fsp3) is 0.265. The van der Waals surface area contributed by atoms with Gasteiger partial charge in [0.2, 0.25) is 12.5 Å². The Hall–Kier alpha value is -4.45. The predicted octanol–water partition coefficient (Wildman–Crippen LogP) is 6.82. The molecule has 2 aliphatic heterocycles. The number of pyridine rings is 1. The summed E-state index contributed by atoms with van der Waals surface area (Å²) in [5, 5.41) is 4.58. The lowest BCUT2D eigenvalue weighted by Gasteiger charge is -2.24. The molecule has 0 radical (unpaired) electrons. The molecule has 0 amide bonds. The third kappa shape index (κ3) is 3.98. The van der Waals surface area contributed by atoms with Gasteiger partial charge in [-0.15, -0.1) is 0 Å². The second-order valence-corrected chi connectivity index (χ2v) is 10.5. The Morgan fingerprint density at radius 1 is 0.800 bits per heavy atom. The summed E-state index contributed by atoms with van der Waals surface area (Å²) >= 11 is 0. The molecule has 0 saturated heterocycles. The summed E-state index contributed by atoms with van der Waals surface area (Å²) in [6.45, 7) is 1.14. The molecule has 0 saturated carbocycles. The maximum absolute atomic E-state index is 5.80. The van der Waals surface area contributed by atoms with Crippen LogP contribution in [0.2, 0.25) is 0 Å². The van der Waals surface area contributed by atoms with E-state index >= 15 is 0 Å². The van der Waals surface area contributed by atoms with Gasteiger partial charge < -0.3 is 23.7 Å². The summed E-state index contributed by atoms with van der Waals surface area (Å²) in [6.07, 6.45) is 5.33. The molecule has 6 nitrogen and oxygen atoms in total. The van der Waals surface area contributed by atoms with E-state index in [1.165, 1.54) is 33.2 Å². The van der Waals surface area contributed by atoms with Crippen molar-refractivity contribution in [3.63, 3.8) is 0 Å². The number of nitrogens with zero attached hydrogens (tertiary/aromatic N) is 1. The number of ether oxygens (including phenoxy) is 5. The highest BCUT2D eigenvalue weighted by atomic mass is 16.7. The Kier molecular flexibility index (Phi) is 6.11. The first kappa shape index (κ1) is 24.6. The molecule has 0 bridgehead atoms. The van der Waals surface area contributed by atoms with Crippen LogP contribution in [0.3, 0.4) is 0 Å². The summed E-state index contributed by atoms with van der Waals surface area (Å²) in [4.78, 5) is 0. The maximum Gasteiger partial charge on any atom is 0.231 e. The molecule has 3 heterocycles. The van der Waals surface area contributed by atoms with Crippen molar-refractivity contribution in [3.8, 4) is 40.0 Å². The molecule has 1 unspecified atom stereocenters. The Morgan fingerprint density at radius 3 is 2.38 bits per heavy atom. The fourth-order valence-electron chi connectivity index (χ4n) is 6.43. The maximum atomic E-state index is 5.80. The molecular weight excluding hydrogens is 502 g/mol. The van der Waals surface area contributed by atoms with Crippen molar-refractivity contribution in [3.05, 3.63) is 84.1 Å². The van der Waals surface area contributed by atoms with Crippen molar-refractivity contribution < 1.29 is 28.3 Å². The second-order valence-electron chi connectivity index (χ2n) is 10.5. The molecule has 202 valence electrons. The van der Waals surface area contributed by atoms with E-state index in [4.69, 9.17) is 23.7 Å². The van der Waals surface area contributed by atoms with Crippen LogP contribution in [0.5, 0.6) is 28.7 Å². The average molecular weight is 535 g/mol. The largest absolute Gasteiger partial charge is 0.496 e. The molecule has 0 aliphatic carbocycles. The van der Waals surface area contributed by atoms with Gasteiger partial charge in [-0.25, -0.2) is 0 Å². The zero-order chi connectivity index (χ0) is 27.2. The van der Waals surface area contributed by atoms with Crippen molar-refractivity contribution >= 4 is 21.5 Å². The normalized spacial score (nSPS) is 15.1. The highest BCUT2D eigenvalue weighted by Crippen LogP contribution is 2.45. The number of aryl methyl sites for hydroxylation is 1. The first-order valence-electron chi connectivity index (χ1n) is 13.7. The Labute approximate surface area is 233 Å². The van der Waals surface area contributed by atoms with E-state index in [-0.39, 0.29) is 6.79 Å². The third-order valence-corrected chi connectivity index (χ3v) is 8.37. The molecule has 5 aromatic rings. The third-order valence-electron chi connectivity index (χ3n) is 8.37. The van der Waals surface area contributed by atoms with Gasteiger partial charge in [-0.05, 0) is 71.5 Å². The van der Waals surface area contributed by atoms with E-state index < -0.39 is 0 Å². The van der Waals surface area contributed by atoms with Gasteiger partial charge in [-0.1, -0.05) is 30.3 Å². The molecule has 40 heavy (non-hydrogen) atoms. The first-order chi connectivity index (χ1) is 19.7. The number of aromatic nitrogens is 1. The highest BCUT2D eigenvalue weighted by Gasteiger charge is 2.34. The number of fused-ring (bicyclic) bond motifs is 6. The molecule has 1 atom stereocenters. The van der Waals surface area contributed by atoms with Crippen LogP contribution in [0.4, 0.5) is 0 Å². The standard InChI is InChI=1S/C34H32NO5/c1-36-30-13-11-21(24-9-4-5-10-25(24)30)7-6-8-23-18-35-19-28-22(12-14-31(37-2)34(28)38-3)15-29(35)27-17-33-32(16-26(23)27)39-20-40-33/h4-5,9-17,19,23H,6-8,18,20H2,1-3H3/q+1. The highest BCUT2D eigenvalue weighted by molar-refractivity contribution is 5.92. The predicted molar refractivity (Wildman–Crippen MR) is 155 cm³/mol. The lowest BCUT2D eigenvalue weighted by Crippen LogP contribution is -2.42. The number of hydrogen-bond donors (Lipinski definition) is 0. The van der Waals surface area contributed by atoms with Gasteiger partial charge >= 0.3 is 0 Å². The van der Waals surface area contributed by atoms with E-state index in [1.54, 1.807) is 21.3 Å². The summed E-state index contributed by atoms with van der Waals surface area (Å²) in [5.74, 6) is 4.39. The lowest BCUT2D eigenvalue weighted by molar-refractivity contribution is -0.689. The molecule has 2 aliphatic rings. The van der Waals surface area contributed by atoms with Gasteiger partial charge in [0.05, 0.1) is 32.3 Å². The molecule has 6 heteroatoms. The second kappa shape index (κ2) is 9.94. The average Bonchev–Trinajstić information content (AvgIpc) is 3.46. The SMILES string of the molecule is COc1ccc2cc3[n+](cc2c1OC)CC(CCCc1ccc(OC)c2ccccc12)c1cc2c(cc1-3)OCO2. The van der Waals surface area contributed by atoms with Crippen LogP contribution < -0.4 is 28.3 Å². The van der Waals surface area contributed by atoms with Crippen LogP contribution >= 0.6 is 0 Å². The zero-order valence-corrected chi connectivity index (χ0v) is 23.0. The number of hydrogen-bond acceptors (Lipinski definition) is 5. The van der Waals surface area contributed by atoms with Crippen molar-refractivity contribution in [1.82, 2.24) is 0 Å². The van der Waals surface area contributed by atoms with E-state index in [9.17, 15) is 0 Å². The van der Waals surface area contributed by atoms with Gasteiger partial charge in [-0.2, -0.15) is 4.57 Å².